The summed E-state index contributed by atoms with van der Waals surface area (Å²) in [5.74, 6) is -0.395. The van der Waals surface area contributed by atoms with Gasteiger partial charge < -0.3 is 10.2 Å². The molecule has 0 bridgehead atoms. The number of nitrogens with one attached hydrogen (secondary N) is 1. The van der Waals surface area contributed by atoms with Crippen molar-refractivity contribution in [1.82, 2.24) is 5.32 Å². The second kappa shape index (κ2) is 11.7. The highest BCUT2D eigenvalue weighted by Gasteiger charge is 2.21. The molecule has 0 fully saturated rings. The Morgan fingerprint density at radius 2 is 1.59 bits per heavy atom. The Hall–Kier alpha value is -2.82. The lowest BCUT2D eigenvalue weighted by Crippen LogP contribution is -2.35. The molecule has 1 unspecified atom stereocenters. The van der Waals surface area contributed by atoms with Crippen LogP contribution < -0.4 is 10.2 Å². The van der Waals surface area contributed by atoms with Gasteiger partial charge in [0, 0.05) is 23.8 Å². The summed E-state index contributed by atoms with van der Waals surface area (Å²) in [4.78, 5) is 27.6. The van der Waals surface area contributed by atoms with E-state index >= 15 is 0 Å². The molecular formula is C26H26Cl2N2O2. The van der Waals surface area contributed by atoms with E-state index in [0.717, 1.165) is 17.7 Å². The lowest BCUT2D eigenvalue weighted by atomic mass is 9.96. The van der Waals surface area contributed by atoms with Crippen LogP contribution in [0.2, 0.25) is 10.0 Å². The summed E-state index contributed by atoms with van der Waals surface area (Å²) >= 11 is 12.3. The molecule has 0 saturated heterocycles. The minimum atomic E-state index is -0.208. The molecule has 32 heavy (non-hydrogen) atoms. The van der Waals surface area contributed by atoms with Crippen LogP contribution in [0.4, 0.5) is 5.69 Å². The molecule has 0 heterocycles. The predicted molar refractivity (Wildman–Crippen MR) is 132 cm³/mol. The second-order valence-corrected chi connectivity index (χ2v) is 8.28. The van der Waals surface area contributed by atoms with Crippen molar-refractivity contribution < 1.29 is 9.59 Å². The van der Waals surface area contributed by atoms with Gasteiger partial charge in [0.25, 0.3) is 5.91 Å². The molecule has 0 aliphatic heterocycles. The van der Waals surface area contributed by atoms with Crippen LogP contribution in [0, 0.1) is 0 Å². The number of rotatable bonds is 9. The number of carbonyl (C=O) groups is 2. The quantitative estimate of drug-likeness (QED) is 0.372. The van der Waals surface area contributed by atoms with Gasteiger partial charge in [-0.15, -0.1) is 0 Å². The molecule has 3 aromatic rings. The van der Waals surface area contributed by atoms with E-state index in [0.29, 0.717) is 35.1 Å². The van der Waals surface area contributed by atoms with Gasteiger partial charge in [-0.1, -0.05) is 78.7 Å². The van der Waals surface area contributed by atoms with E-state index in [9.17, 15) is 9.59 Å². The fourth-order valence-corrected chi connectivity index (χ4v) is 4.08. The number of amides is 2. The fraction of sp³-hybridized carbons (Fsp3) is 0.231. The molecule has 166 valence electrons. The molecule has 1 atom stereocenters. The van der Waals surface area contributed by atoms with Gasteiger partial charge in [-0.25, -0.2) is 0 Å². The predicted octanol–water partition coefficient (Wildman–Crippen LogP) is 6.34. The lowest BCUT2D eigenvalue weighted by Gasteiger charge is -2.24. The first-order valence-electron chi connectivity index (χ1n) is 10.7. The van der Waals surface area contributed by atoms with Crippen LogP contribution >= 0.6 is 23.2 Å². The van der Waals surface area contributed by atoms with Gasteiger partial charge in [-0.05, 0) is 48.7 Å². The highest BCUT2D eigenvalue weighted by molar-refractivity contribution is 6.37. The van der Waals surface area contributed by atoms with Crippen molar-refractivity contribution >= 4 is 40.7 Å². The summed E-state index contributed by atoms with van der Waals surface area (Å²) in [6.45, 7) is 2.90. The monoisotopic (exact) mass is 468 g/mol. The van der Waals surface area contributed by atoms with Crippen molar-refractivity contribution in [3.05, 3.63) is 100 Å². The summed E-state index contributed by atoms with van der Waals surface area (Å²) in [6.07, 6.45) is 1.32. The largest absolute Gasteiger partial charge is 0.356 e. The SMILES string of the molecule is CCC(C(=O)NCCCN(C(=O)c1ccc(Cl)cc1Cl)c1ccccc1)c1ccccc1. The first-order valence-corrected chi connectivity index (χ1v) is 11.4. The standard InChI is InChI=1S/C26H26Cl2N2O2/c1-2-22(19-10-5-3-6-11-19)25(31)29-16-9-17-30(21-12-7-4-8-13-21)26(32)23-15-14-20(27)18-24(23)28/h3-8,10-15,18,22H,2,9,16-17H2,1H3,(H,29,31). The van der Waals surface area contributed by atoms with E-state index in [4.69, 9.17) is 23.2 Å². The van der Waals surface area contributed by atoms with Crippen molar-refractivity contribution in [1.29, 1.82) is 0 Å². The van der Waals surface area contributed by atoms with E-state index in [1.54, 1.807) is 23.1 Å². The highest BCUT2D eigenvalue weighted by atomic mass is 35.5. The molecule has 3 aromatic carbocycles. The van der Waals surface area contributed by atoms with E-state index in [1.165, 1.54) is 0 Å². The van der Waals surface area contributed by atoms with Crippen LogP contribution in [0.25, 0.3) is 0 Å². The molecule has 2 amide bonds. The van der Waals surface area contributed by atoms with Gasteiger partial charge in [-0.3, -0.25) is 9.59 Å². The molecule has 0 radical (unpaired) electrons. The third kappa shape index (κ3) is 6.12. The Balaban J connectivity index is 1.66. The van der Waals surface area contributed by atoms with Gasteiger partial charge in [0.05, 0.1) is 16.5 Å². The lowest BCUT2D eigenvalue weighted by molar-refractivity contribution is -0.122. The minimum absolute atomic E-state index is 0.00275. The van der Waals surface area contributed by atoms with Crippen LogP contribution in [0.5, 0.6) is 0 Å². The molecule has 3 rings (SSSR count). The molecule has 0 saturated carbocycles. The molecule has 1 N–H and O–H groups in total. The van der Waals surface area contributed by atoms with E-state index < -0.39 is 0 Å². The van der Waals surface area contributed by atoms with Gasteiger partial charge in [0.1, 0.15) is 0 Å². The number of hydrogen-bond acceptors (Lipinski definition) is 2. The van der Waals surface area contributed by atoms with Gasteiger partial charge >= 0.3 is 0 Å². The van der Waals surface area contributed by atoms with Crippen LogP contribution in [-0.2, 0) is 4.79 Å². The summed E-state index contributed by atoms with van der Waals surface area (Å²) in [6, 6.07) is 24.0. The zero-order chi connectivity index (χ0) is 22.9. The number of carbonyl (C=O) groups excluding carboxylic acids is 2. The van der Waals surface area contributed by atoms with Crippen molar-refractivity contribution in [3.8, 4) is 0 Å². The van der Waals surface area contributed by atoms with Crippen molar-refractivity contribution in [3.63, 3.8) is 0 Å². The number of hydrogen-bond donors (Lipinski definition) is 1. The maximum Gasteiger partial charge on any atom is 0.259 e. The molecular weight excluding hydrogens is 443 g/mol. The summed E-state index contributed by atoms with van der Waals surface area (Å²) in [5.41, 5.74) is 2.16. The third-order valence-electron chi connectivity index (χ3n) is 5.26. The van der Waals surface area contributed by atoms with E-state index in [1.807, 2.05) is 67.6 Å². The Morgan fingerprint density at radius 1 is 0.938 bits per heavy atom. The molecule has 0 spiro atoms. The fourth-order valence-electron chi connectivity index (χ4n) is 3.59. The number of anilines is 1. The average molecular weight is 469 g/mol. The number of nitrogens with zero attached hydrogens (tertiary/aromatic N) is 1. The van der Waals surface area contributed by atoms with Gasteiger partial charge in [0.15, 0.2) is 0 Å². The van der Waals surface area contributed by atoms with Crippen LogP contribution in [-0.4, -0.2) is 24.9 Å². The molecule has 0 aliphatic carbocycles. The molecule has 0 aliphatic rings. The number of benzene rings is 3. The van der Waals surface area contributed by atoms with Gasteiger partial charge in [-0.2, -0.15) is 0 Å². The Bertz CT molecular complexity index is 1040. The molecule has 0 aromatic heterocycles. The highest BCUT2D eigenvalue weighted by Crippen LogP contribution is 2.25. The van der Waals surface area contributed by atoms with Crippen LogP contribution in [0.1, 0.15) is 41.6 Å². The maximum atomic E-state index is 13.3. The molecule has 4 nitrogen and oxygen atoms in total. The Labute approximate surface area is 199 Å². The average Bonchev–Trinajstić information content (AvgIpc) is 2.80. The summed E-state index contributed by atoms with van der Waals surface area (Å²) < 4.78 is 0. The normalized spacial score (nSPS) is 11.6. The summed E-state index contributed by atoms with van der Waals surface area (Å²) in [7, 11) is 0. The second-order valence-electron chi connectivity index (χ2n) is 7.43. The maximum absolute atomic E-state index is 13.3. The third-order valence-corrected chi connectivity index (χ3v) is 5.81. The number of para-hydroxylation sites is 1. The van der Waals surface area contributed by atoms with Crippen LogP contribution in [0.3, 0.4) is 0 Å². The van der Waals surface area contributed by atoms with E-state index in [2.05, 4.69) is 5.32 Å². The first-order chi connectivity index (χ1) is 15.5. The first kappa shape index (κ1) is 23.8. The zero-order valence-corrected chi connectivity index (χ0v) is 19.4. The van der Waals surface area contributed by atoms with Gasteiger partial charge in [0.2, 0.25) is 5.91 Å². The number of halogens is 2. The molecule has 6 heteroatoms. The zero-order valence-electron chi connectivity index (χ0n) is 17.9. The topological polar surface area (TPSA) is 49.4 Å². The smallest absolute Gasteiger partial charge is 0.259 e. The van der Waals surface area contributed by atoms with Crippen molar-refractivity contribution in [2.45, 2.75) is 25.7 Å². The van der Waals surface area contributed by atoms with Crippen molar-refractivity contribution in [2.75, 3.05) is 18.0 Å². The van der Waals surface area contributed by atoms with Crippen LogP contribution in [0.15, 0.2) is 78.9 Å². The Morgan fingerprint density at radius 3 is 2.22 bits per heavy atom. The minimum Gasteiger partial charge on any atom is -0.356 e. The van der Waals surface area contributed by atoms with E-state index in [-0.39, 0.29) is 17.7 Å². The summed E-state index contributed by atoms with van der Waals surface area (Å²) in [5, 5.41) is 3.80. The Kier molecular flexibility index (Phi) is 8.72. The van der Waals surface area contributed by atoms with Crippen molar-refractivity contribution in [2.24, 2.45) is 0 Å².